The third-order valence-electron chi connectivity index (χ3n) is 7.58. The summed E-state index contributed by atoms with van der Waals surface area (Å²) in [7, 11) is -2.35. The molecule has 1 fully saturated rings. The molecular formula is C30H35N3O4S. The van der Waals surface area contributed by atoms with E-state index in [0.717, 1.165) is 28.4 Å². The molecule has 0 spiro atoms. The molecule has 1 aliphatic rings. The van der Waals surface area contributed by atoms with Crippen molar-refractivity contribution in [3.63, 3.8) is 0 Å². The number of ether oxygens (including phenoxy) is 1. The molecular weight excluding hydrogens is 498 g/mol. The number of anilines is 1. The summed E-state index contributed by atoms with van der Waals surface area (Å²) < 4.78 is 36.5. The number of benzene rings is 3. The van der Waals surface area contributed by atoms with E-state index in [9.17, 15) is 13.2 Å². The highest BCUT2D eigenvalue weighted by atomic mass is 32.2. The fourth-order valence-corrected chi connectivity index (χ4v) is 7.20. The van der Waals surface area contributed by atoms with Crippen LogP contribution in [0.5, 0.6) is 5.75 Å². The molecule has 0 unspecified atom stereocenters. The third kappa shape index (κ3) is 4.67. The number of aryl methyl sites for hydroxylation is 1. The van der Waals surface area contributed by atoms with Crippen molar-refractivity contribution in [1.29, 1.82) is 0 Å². The Balaban J connectivity index is 1.38. The van der Waals surface area contributed by atoms with Crippen molar-refractivity contribution < 1.29 is 17.9 Å². The number of rotatable bonds is 7. The van der Waals surface area contributed by atoms with Crippen LogP contribution in [0.15, 0.2) is 65.6 Å². The molecule has 200 valence electrons. The van der Waals surface area contributed by atoms with Gasteiger partial charge in [0, 0.05) is 47.1 Å². The summed E-state index contributed by atoms with van der Waals surface area (Å²) in [6.07, 6.45) is 1.25. The lowest BCUT2D eigenvalue weighted by molar-refractivity contribution is -0.120. The highest BCUT2D eigenvalue weighted by Gasteiger charge is 2.35. The average molecular weight is 534 g/mol. The molecule has 5 rings (SSSR count). The number of piperidine rings is 1. The van der Waals surface area contributed by atoms with Crippen LogP contribution in [-0.4, -0.2) is 43.4 Å². The Bertz CT molecular complexity index is 1610. The molecule has 2 heterocycles. The van der Waals surface area contributed by atoms with Crippen molar-refractivity contribution in [1.82, 2.24) is 8.87 Å². The number of sulfonamides is 1. The van der Waals surface area contributed by atoms with E-state index in [2.05, 4.69) is 28.9 Å². The largest absolute Gasteiger partial charge is 0.495 e. The molecule has 3 aromatic carbocycles. The van der Waals surface area contributed by atoms with Gasteiger partial charge in [-0.15, -0.1) is 0 Å². The minimum absolute atomic E-state index is 0.139. The van der Waals surface area contributed by atoms with Crippen molar-refractivity contribution >= 4 is 43.4 Å². The first-order valence-corrected chi connectivity index (χ1v) is 14.7. The van der Waals surface area contributed by atoms with Gasteiger partial charge < -0.3 is 14.6 Å². The van der Waals surface area contributed by atoms with Crippen LogP contribution in [0.2, 0.25) is 0 Å². The van der Waals surface area contributed by atoms with E-state index in [4.69, 9.17) is 4.74 Å². The summed E-state index contributed by atoms with van der Waals surface area (Å²) in [4.78, 5) is 13.5. The normalized spacial score (nSPS) is 16.8. The quantitative estimate of drug-likeness (QED) is 0.317. The Morgan fingerprint density at radius 3 is 2.55 bits per heavy atom. The Kier molecular flexibility index (Phi) is 7.20. The van der Waals surface area contributed by atoms with Gasteiger partial charge >= 0.3 is 0 Å². The lowest BCUT2D eigenvalue weighted by atomic mass is 9.98. The van der Waals surface area contributed by atoms with Gasteiger partial charge in [0.05, 0.1) is 13.0 Å². The number of fused-ring (bicyclic) bond motifs is 3. The molecule has 8 heteroatoms. The van der Waals surface area contributed by atoms with Crippen LogP contribution in [0.25, 0.3) is 21.8 Å². The van der Waals surface area contributed by atoms with Crippen LogP contribution in [0.4, 0.5) is 5.69 Å². The van der Waals surface area contributed by atoms with Crippen LogP contribution in [0.3, 0.4) is 0 Å². The summed E-state index contributed by atoms with van der Waals surface area (Å²) in [6, 6.07) is 19.5. The molecule has 1 aliphatic heterocycles. The van der Waals surface area contributed by atoms with E-state index in [1.54, 1.807) is 12.1 Å². The predicted octanol–water partition coefficient (Wildman–Crippen LogP) is 5.99. The molecule has 1 N–H and O–H groups in total. The lowest BCUT2D eigenvalue weighted by Gasteiger charge is -2.31. The number of hydrogen-bond donors (Lipinski definition) is 1. The molecule has 7 nitrogen and oxygen atoms in total. The van der Waals surface area contributed by atoms with Gasteiger partial charge in [-0.25, -0.2) is 8.42 Å². The number of carbonyl (C=O) groups is 1. The molecule has 0 aliphatic carbocycles. The number of carbonyl (C=O) groups excluding carboxylic acids is 1. The minimum atomic E-state index is -3.83. The second kappa shape index (κ2) is 10.4. The monoisotopic (exact) mass is 533 g/mol. The summed E-state index contributed by atoms with van der Waals surface area (Å²) in [5.74, 6) is -0.101. The van der Waals surface area contributed by atoms with E-state index in [-0.39, 0.29) is 23.3 Å². The van der Waals surface area contributed by atoms with Crippen molar-refractivity contribution in [2.24, 2.45) is 5.92 Å². The number of nitrogens with zero attached hydrogens (tertiary/aromatic N) is 2. The maximum absolute atomic E-state index is 13.7. The molecule has 1 saturated heterocycles. The van der Waals surface area contributed by atoms with E-state index in [1.807, 2.05) is 50.2 Å². The minimum Gasteiger partial charge on any atom is -0.495 e. The molecule has 0 radical (unpaired) electrons. The second-order valence-electron chi connectivity index (χ2n) is 10.2. The van der Waals surface area contributed by atoms with E-state index in [0.29, 0.717) is 30.8 Å². The van der Waals surface area contributed by atoms with E-state index in [1.165, 1.54) is 16.9 Å². The van der Waals surface area contributed by atoms with Gasteiger partial charge in [-0.3, -0.25) is 4.79 Å². The van der Waals surface area contributed by atoms with Crippen molar-refractivity contribution in [2.75, 3.05) is 25.5 Å². The zero-order valence-corrected chi connectivity index (χ0v) is 23.2. The zero-order chi connectivity index (χ0) is 27.0. The molecule has 38 heavy (non-hydrogen) atoms. The molecule has 4 aromatic rings. The van der Waals surface area contributed by atoms with Crippen molar-refractivity contribution in [3.8, 4) is 5.75 Å². The first-order chi connectivity index (χ1) is 18.2. The maximum Gasteiger partial charge on any atom is 0.246 e. The van der Waals surface area contributed by atoms with Gasteiger partial charge in [0.25, 0.3) is 0 Å². The molecule has 1 atom stereocenters. The highest BCUT2D eigenvalue weighted by molar-refractivity contribution is 7.89. The summed E-state index contributed by atoms with van der Waals surface area (Å²) >= 11 is 0. The fraction of sp³-hybridized carbons (Fsp3) is 0.367. The number of nitrogens with one attached hydrogen (secondary N) is 1. The summed E-state index contributed by atoms with van der Waals surface area (Å²) in [5, 5.41) is 5.29. The van der Waals surface area contributed by atoms with Crippen molar-refractivity contribution in [3.05, 3.63) is 66.2 Å². The number of aromatic nitrogens is 1. The first kappa shape index (κ1) is 26.3. The topological polar surface area (TPSA) is 80.6 Å². The predicted molar refractivity (Wildman–Crippen MR) is 152 cm³/mol. The number of para-hydroxylation sites is 1. The van der Waals surface area contributed by atoms with Crippen LogP contribution in [-0.2, 0) is 21.4 Å². The average Bonchev–Trinajstić information content (AvgIpc) is 3.25. The van der Waals surface area contributed by atoms with E-state index < -0.39 is 15.9 Å². The third-order valence-corrected chi connectivity index (χ3v) is 9.47. The van der Waals surface area contributed by atoms with Crippen LogP contribution in [0.1, 0.15) is 45.1 Å². The molecule has 1 aromatic heterocycles. The van der Waals surface area contributed by atoms with Gasteiger partial charge in [0.1, 0.15) is 10.6 Å². The van der Waals surface area contributed by atoms with Gasteiger partial charge in [-0.2, -0.15) is 4.31 Å². The van der Waals surface area contributed by atoms with Gasteiger partial charge in [-0.1, -0.05) is 38.1 Å². The second-order valence-corrected chi connectivity index (χ2v) is 12.2. The molecule has 1 amide bonds. The summed E-state index contributed by atoms with van der Waals surface area (Å²) in [6.45, 7) is 7.55. The van der Waals surface area contributed by atoms with E-state index >= 15 is 0 Å². The van der Waals surface area contributed by atoms with Gasteiger partial charge in [0.15, 0.2) is 0 Å². The first-order valence-electron chi connectivity index (χ1n) is 13.2. The summed E-state index contributed by atoms with van der Waals surface area (Å²) in [5.41, 5.74) is 3.93. The van der Waals surface area contributed by atoms with Gasteiger partial charge in [-0.05, 0) is 67.6 Å². The SMILES string of the molecule is CCn1c2ccccc2c2cc(NC(=O)[C@@H]3CCCN(S(=O)(=O)c4cc(C(C)C)ccc4OC)C3)ccc21. The Morgan fingerprint density at radius 2 is 1.82 bits per heavy atom. The van der Waals surface area contributed by atoms with Crippen LogP contribution >= 0.6 is 0 Å². The Hall–Kier alpha value is -3.36. The smallest absolute Gasteiger partial charge is 0.246 e. The Morgan fingerprint density at radius 1 is 1.05 bits per heavy atom. The highest BCUT2D eigenvalue weighted by Crippen LogP contribution is 2.34. The van der Waals surface area contributed by atoms with Gasteiger partial charge in [0.2, 0.25) is 15.9 Å². The fourth-order valence-electron chi connectivity index (χ4n) is 5.48. The van der Waals surface area contributed by atoms with Crippen LogP contribution in [0, 0.1) is 5.92 Å². The molecule has 0 bridgehead atoms. The molecule has 0 saturated carbocycles. The number of hydrogen-bond acceptors (Lipinski definition) is 4. The number of methoxy groups -OCH3 is 1. The lowest BCUT2D eigenvalue weighted by Crippen LogP contribution is -2.43. The Labute approximate surface area is 224 Å². The standard InChI is InChI=1S/C30H35N3O4S/c1-5-33-26-11-7-6-10-24(26)25-18-23(13-14-27(25)33)31-30(34)22-9-8-16-32(19-22)38(35,36)29-17-21(20(2)3)12-15-28(29)37-4/h6-7,10-15,17-18,20,22H,5,8-9,16,19H2,1-4H3,(H,31,34)/t22-/m1/s1. The number of amides is 1. The maximum atomic E-state index is 13.7. The van der Waals surface area contributed by atoms with Crippen molar-refractivity contribution in [2.45, 2.75) is 51.0 Å². The zero-order valence-electron chi connectivity index (χ0n) is 22.4. The van der Waals surface area contributed by atoms with Crippen LogP contribution < -0.4 is 10.1 Å².